The molecule has 0 atom stereocenters. The highest BCUT2D eigenvalue weighted by molar-refractivity contribution is 5.69. The first kappa shape index (κ1) is 9.58. The van der Waals surface area contributed by atoms with E-state index in [0.29, 0.717) is 0 Å². The molecular formula is C10H12O3. The smallest absolute Gasteiger partial charge is 0.302 e. The molecule has 0 amide bonds. The highest BCUT2D eigenvalue weighted by Crippen LogP contribution is 2.14. The third-order valence-corrected chi connectivity index (χ3v) is 1.62. The van der Waals surface area contributed by atoms with Crippen molar-refractivity contribution in [3.63, 3.8) is 0 Å². The topological polar surface area (TPSA) is 39.4 Å². The molecule has 1 rings (SSSR count). The summed E-state index contributed by atoms with van der Waals surface area (Å²) in [6.07, 6.45) is 3.45. The van der Waals surface area contributed by atoms with E-state index in [1.807, 2.05) is 19.1 Å². The number of esters is 1. The Labute approximate surface area is 77.0 Å². The first-order chi connectivity index (χ1) is 6.24. The molecule has 0 saturated carbocycles. The molecule has 0 radical (unpaired) electrons. The van der Waals surface area contributed by atoms with Crippen LogP contribution in [0.15, 0.2) is 28.9 Å². The fraction of sp³-hybridized carbons (Fsp3) is 0.300. The minimum absolute atomic E-state index is 0.263. The van der Waals surface area contributed by atoms with Gasteiger partial charge in [0.05, 0.1) is 6.26 Å². The van der Waals surface area contributed by atoms with E-state index in [1.54, 1.807) is 12.3 Å². The molecule has 13 heavy (non-hydrogen) atoms. The van der Waals surface area contributed by atoms with Gasteiger partial charge in [-0.2, -0.15) is 0 Å². The predicted octanol–water partition coefficient (Wildman–Crippen LogP) is 2.25. The lowest BCUT2D eigenvalue weighted by molar-refractivity contribution is -0.139. The summed E-state index contributed by atoms with van der Waals surface area (Å²) >= 11 is 0. The lowest BCUT2D eigenvalue weighted by Crippen LogP contribution is -2.02. The summed E-state index contributed by atoms with van der Waals surface area (Å²) in [7, 11) is 0. The minimum Gasteiger partial charge on any atom is -0.465 e. The Balaban J connectivity index is 2.60. The summed E-state index contributed by atoms with van der Waals surface area (Å²) < 4.78 is 10.0. The van der Waals surface area contributed by atoms with Gasteiger partial charge < -0.3 is 9.15 Å². The van der Waals surface area contributed by atoms with Crippen LogP contribution in [-0.2, 0) is 9.53 Å². The molecule has 70 valence electrons. The van der Waals surface area contributed by atoms with Crippen molar-refractivity contribution in [2.24, 2.45) is 0 Å². The Morgan fingerprint density at radius 3 is 2.92 bits per heavy atom. The summed E-state index contributed by atoms with van der Waals surface area (Å²) in [6, 6.07) is 3.63. The zero-order valence-corrected chi connectivity index (χ0v) is 7.74. The van der Waals surface area contributed by atoms with Crippen molar-refractivity contribution >= 4 is 11.5 Å². The third kappa shape index (κ3) is 2.78. The van der Waals surface area contributed by atoms with Crippen molar-refractivity contribution < 1.29 is 13.9 Å². The highest BCUT2D eigenvalue weighted by Gasteiger charge is 2.04. The molecule has 0 fully saturated rings. The van der Waals surface area contributed by atoms with Gasteiger partial charge in [0.25, 0.3) is 0 Å². The van der Waals surface area contributed by atoms with Crippen molar-refractivity contribution in [3.8, 4) is 0 Å². The van der Waals surface area contributed by atoms with Crippen LogP contribution in [0.1, 0.15) is 19.6 Å². The van der Waals surface area contributed by atoms with E-state index in [-0.39, 0.29) is 12.6 Å². The predicted molar refractivity (Wildman–Crippen MR) is 49.0 cm³/mol. The quantitative estimate of drug-likeness (QED) is 0.669. The van der Waals surface area contributed by atoms with Crippen molar-refractivity contribution in [3.05, 3.63) is 30.2 Å². The molecule has 3 nitrogen and oxygen atoms in total. The molecule has 0 N–H and O–H groups in total. The van der Waals surface area contributed by atoms with Crippen molar-refractivity contribution in [1.82, 2.24) is 0 Å². The zero-order chi connectivity index (χ0) is 9.68. The van der Waals surface area contributed by atoms with Crippen molar-refractivity contribution in [2.75, 3.05) is 6.61 Å². The zero-order valence-electron chi connectivity index (χ0n) is 7.74. The number of ether oxygens (including phenoxy) is 1. The van der Waals surface area contributed by atoms with Crippen LogP contribution in [0.5, 0.6) is 0 Å². The third-order valence-electron chi connectivity index (χ3n) is 1.62. The van der Waals surface area contributed by atoms with Gasteiger partial charge in [0.15, 0.2) is 0 Å². The maximum Gasteiger partial charge on any atom is 0.302 e. The molecule has 1 aromatic rings. The fourth-order valence-corrected chi connectivity index (χ4v) is 0.937. The highest BCUT2D eigenvalue weighted by atomic mass is 16.5. The Bertz CT molecular complexity index is 296. The number of allylic oxidation sites excluding steroid dienone is 1. The van der Waals surface area contributed by atoms with Gasteiger partial charge in [0, 0.05) is 12.5 Å². The van der Waals surface area contributed by atoms with E-state index in [4.69, 9.17) is 9.15 Å². The van der Waals surface area contributed by atoms with Gasteiger partial charge in [-0.1, -0.05) is 6.08 Å². The fourth-order valence-electron chi connectivity index (χ4n) is 0.937. The van der Waals surface area contributed by atoms with Gasteiger partial charge in [-0.05, 0) is 19.1 Å². The molecule has 1 aromatic heterocycles. The van der Waals surface area contributed by atoms with Crippen molar-refractivity contribution in [1.29, 1.82) is 0 Å². The normalized spacial score (nSPS) is 11.4. The second-order valence-electron chi connectivity index (χ2n) is 2.57. The molecule has 0 aliphatic carbocycles. The molecule has 0 bridgehead atoms. The van der Waals surface area contributed by atoms with Gasteiger partial charge in [-0.25, -0.2) is 0 Å². The van der Waals surface area contributed by atoms with Crippen molar-refractivity contribution in [2.45, 2.75) is 13.8 Å². The maximum absolute atomic E-state index is 10.6. The molecule has 0 aliphatic heterocycles. The summed E-state index contributed by atoms with van der Waals surface area (Å²) in [5.74, 6) is 0.453. The lowest BCUT2D eigenvalue weighted by Gasteiger charge is -2.03. The van der Waals surface area contributed by atoms with Crippen LogP contribution in [0.3, 0.4) is 0 Å². The molecule has 3 heteroatoms. The summed E-state index contributed by atoms with van der Waals surface area (Å²) in [5.41, 5.74) is 0.875. The first-order valence-corrected chi connectivity index (χ1v) is 4.06. The van der Waals surface area contributed by atoms with Gasteiger partial charge in [0.2, 0.25) is 0 Å². The molecule has 0 unspecified atom stereocenters. The number of carbonyl (C=O) groups is 1. The second kappa shape index (κ2) is 4.50. The summed E-state index contributed by atoms with van der Waals surface area (Å²) in [4.78, 5) is 10.6. The Morgan fingerprint density at radius 2 is 2.46 bits per heavy atom. The number of hydrogen-bond acceptors (Lipinski definition) is 3. The maximum atomic E-state index is 10.6. The number of carbonyl (C=O) groups excluding carboxylic acids is 1. The minimum atomic E-state index is -0.286. The molecule has 0 saturated heterocycles. The molecule has 0 aromatic carbocycles. The van der Waals surface area contributed by atoms with Crippen LogP contribution in [0.25, 0.3) is 5.57 Å². The van der Waals surface area contributed by atoms with Crippen LogP contribution in [0, 0.1) is 0 Å². The number of furan rings is 1. The van der Waals surface area contributed by atoms with Crippen LogP contribution in [0.2, 0.25) is 0 Å². The van der Waals surface area contributed by atoms with E-state index in [2.05, 4.69) is 0 Å². The van der Waals surface area contributed by atoms with Crippen LogP contribution in [0.4, 0.5) is 0 Å². The summed E-state index contributed by atoms with van der Waals surface area (Å²) in [5, 5.41) is 0. The first-order valence-electron chi connectivity index (χ1n) is 4.06. The van der Waals surface area contributed by atoms with Gasteiger partial charge >= 0.3 is 5.97 Å². The molecule has 0 spiro atoms. The average Bonchev–Trinajstić information content (AvgIpc) is 2.58. The van der Waals surface area contributed by atoms with E-state index >= 15 is 0 Å². The standard InChI is InChI=1S/C10H12O3/c1-3-9(7-13-8(2)11)10-5-4-6-12-10/h3-6H,7H2,1-2H3. The Hall–Kier alpha value is -1.51. The number of hydrogen-bond donors (Lipinski definition) is 0. The number of rotatable bonds is 3. The second-order valence-corrected chi connectivity index (χ2v) is 2.57. The SMILES string of the molecule is CC=C(COC(C)=O)c1ccco1. The summed E-state index contributed by atoms with van der Waals surface area (Å²) in [6.45, 7) is 3.52. The lowest BCUT2D eigenvalue weighted by atomic mass is 10.2. The monoisotopic (exact) mass is 180 g/mol. The van der Waals surface area contributed by atoms with Crippen LogP contribution < -0.4 is 0 Å². The van der Waals surface area contributed by atoms with Crippen LogP contribution in [-0.4, -0.2) is 12.6 Å². The van der Waals surface area contributed by atoms with Gasteiger partial charge in [-0.3, -0.25) is 4.79 Å². The van der Waals surface area contributed by atoms with E-state index < -0.39 is 0 Å². The van der Waals surface area contributed by atoms with E-state index in [0.717, 1.165) is 11.3 Å². The molecule has 0 aliphatic rings. The van der Waals surface area contributed by atoms with E-state index in [9.17, 15) is 4.79 Å². The molecular weight excluding hydrogens is 168 g/mol. The van der Waals surface area contributed by atoms with Crippen LogP contribution >= 0.6 is 0 Å². The van der Waals surface area contributed by atoms with Gasteiger partial charge in [-0.15, -0.1) is 0 Å². The Morgan fingerprint density at radius 1 is 1.69 bits per heavy atom. The molecule has 1 heterocycles. The average molecular weight is 180 g/mol. The van der Waals surface area contributed by atoms with Gasteiger partial charge in [0.1, 0.15) is 12.4 Å². The largest absolute Gasteiger partial charge is 0.465 e. The van der Waals surface area contributed by atoms with E-state index in [1.165, 1.54) is 6.92 Å². The Kier molecular flexibility index (Phi) is 3.31.